The Labute approximate surface area is 115 Å². The highest BCUT2D eigenvalue weighted by atomic mass is 16.4. The SMILES string of the molecule is CC(CN(C)C(=O)NC1CCCC(C)C1C)C(=O)O. The van der Waals surface area contributed by atoms with Crippen LogP contribution in [0.5, 0.6) is 0 Å². The lowest BCUT2D eigenvalue weighted by Crippen LogP contribution is -2.49. The molecule has 19 heavy (non-hydrogen) atoms. The number of carbonyl (C=O) groups is 2. The summed E-state index contributed by atoms with van der Waals surface area (Å²) in [6.07, 6.45) is 3.38. The average Bonchev–Trinajstić information content (AvgIpc) is 2.34. The first-order valence-electron chi connectivity index (χ1n) is 7.07. The van der Waals surface area contributed by atoms with Gasteiger partial charge in [0.05, 0.1) is 5.92 Å². The Morgan fingerprint density at radius 3 is 2.58 bits per heavy atom. The van der Waals surface area contributed by atoms with Gasteiger partial charge in [-0.1, -0.05) is 33.6 Å². The Hall–Kier alpha value is -1.26. The maximum atomic E-state index is 12.0. The van der Waals surface area contributed by atoms with Crippen molar-refractivity contribution < 1.29 is 14.7 Å². The number of rotatable bonds is 4. The molecule has 2 amide bonds. The molecule has 0 aliphatic heterocycles. The minimum absolute atomic E-state index is 0.168. The van der Waals surface area contributed by atoms with E-state index in [0.717, 1.165) is 12.8 Å². The fourth-order valence-corrected chi connectivity index (χ4v) is 2.63. The van der Waals surface area contributed by atoms with E-state index in [1.165, 1.54) is 11.3 Å². The predicted molar refractivity (Wildman–Crippen MR) is 73.9 cm³/mol. The normalized spacial score (nSPS) is 28.5. The lowest BCUT2D eigenvalue weighted by Gasteiger charge is -2.35. The minimum Gasteiger partial charge on any atom is -0.481 e. The molecule has 2 N–H and O–H groups in total. The first-order valence-corrected chi connectivity index (χ1v) is 7.07. The summed E-state index contributed by atoms with van der Waals surface area (Å²) in [4.78, 5) is 24.3. The molecule has 5 nitrogen and oxygen atoms in total. The van der Waals surface area contributed by atoms with Gasteiger partial charge in [0.25, 0.3) is 0 Å². The van der Waals surface area contributed by atoms with Gasteiger partial charge >= 0.3 is 12.0 Å². The highest BCUT2D eigenvalue weighted by molar-refractivity contribution is 5.76. The predicted octanol–water partition coefficient (Wildman–Crippen LogP) is 2.17. The molecule has 110 valence electrons. The molecule has 0 aromatic rings. The van der Waals surface area contributed by atoms with Crippen molar-refractivity contribution in [3.05, 3.63) is 0 Å². The number of carbonyl (C=O) groups excluding carboxylic acids is 1. The summed E-state index contributed by atoms with van der Waals surface area (Å²) in [6.45, 7) is 6.24. The van der Waals surface area contributed by atoms with Crippen molar-refractivity contribution in [2.24, 2.45) is 17.8 Å². The molecule has 4 unspecified atom stereocenters. The maximum absolute atomic E-state index is 12.0. The van der Waals surface area contributed by atoms with E-state index in [-0.39, 0.29) is 18.6 Å². The molecule has 0 radical (unpaired) electrons. The summed E-state index contributed by atoms with van der Waals surface area (Å²) >= 11 is 0. The van der Waals surface area contributed by atoms with Crippen LogP contribution in [-0.4, -0.2) is 41.6 Å². The van der Waals surface area contributed by atoms with Gasteiger partial charge in [0.1, 0.15) is 0 Å². The molecule has 4 atom stereocenters. The molecule has 0 heterocycles. The van der Waals surface area contributed by atoms with Crippen LogP contribution in [0, 0.1) is 17.8 Å². The lowest BCUT2D eigenvalue weighted by atomic mass is 9.78. The fraction of sp³-hybridized carbons (Fsp3) is 0.857. The first-order chi connectivity index (χ1) is 8.82. The van der Waals surface area contributed by atoms with Crippen LogP contribution in [0.3, 0.4) is 0 Å². The molecule has 1 rings (SSSR count). The summed E-state index contributed by atoms with van der Waals surface area (Å²) in [5.74, 6) is -0.317. The van der Waals surface area contributed by atoms with E-state index in [2.05, 4.69) is 19.2 Å². The monoisotopic (exact) mass is 270 g/mol. The van der Waals surface area contributed by atoms with Crippen molar-refractivity contribution in [1.29, 1.82) is 0 Å². The van der Waals surface area contributed by atoms with E-state index in [4.69, 9.17) is 5.11 Å². The second-order valence-electron chi connectivity index (χ2n) is 5.94. The van der Waals surface area contributed by atoms with Gasteiger partial charge in [-0.2, -0.15) is 0 Å². The zero-order chi connectivity index (χ0) is 14.6. The third-order valence-corrected chi connectivity index (χ3v) is 4.33. The third kappa shape index (κ3) is 4.40. The van der Waals surface area contributed by atoms with E-state index in [9.17, 15) is 9.59 Å². The van der Waals surface area contributed by atoms with Gasteiger partial charge in [0.2, 0.25) is 0 Å². The van der Waals surface area contributed by atoms with Gasteiger partial charge in [0.15, 0.2) is 0 Å². The van der Waals surface area contributed by atoms with Crippen LogP contribution in [0.2, 0.25) is 0 Å². The summed E-state index contributed by atoms with van der Waals surface area (Å²) in [6, 6.07) is 0.0397. The third-order valence-electron chi connectivity index (χ3n) is 4.33. The van der Waals surface area contributed by atoms with Crippen LogP contribution < -0.4 is 5.32 Å². The topological polar surface area (TPSA) is 69.6 Å². The quantitative estimate of drug-likeness (QED) is 0.822. The van der Waals surface area contributed by atoms with Crippen LogP contribution in [0.15, 0.2) is 0 Å². The minimum atomic E-state index is -0.876. The molecule has 1 fully saturated rings. The Kier molecular flexibility index (Phi) is 5.63. The van der Waals surface area contributed by atoms with Gasteiger partial charge in [-0.05, 0) is 18.3 Å². The smallest absolute Gasteiger partial charge is 0.317 e. The Morgan fingerprint density at radius 2 is 2.00 bits per heavy atom. The summed E-state index contributed by atoms with van der Waals surface area (Å²) in [5.41, 5.74) is 0. The highest BCUT2D eigenvalue weighted by Gasteiger charge is 2.29. The molecular weight excluding hydrogens is 244 g/mol. The summed E-state index contributed by atoms with van der Waals surface area (Å²) in [7, 11) is 1.64. The van der Waals surface area contributed by atoms with E-state index in [1.54, 1.807) is 14.0 Å². The molecule has 1 aliphatic carbocycles. The maximum Gasteiger partial charge on any atom is 0.317 e. The second kappa shape index (κ2) is 6.78. The van der Waals surface area contributed by atoms with Crippen molar-refractivity contribution in [3.63, 3.8) is 0 Å². The van der Waals surface area contributed by atoms with Gasteiger partial charge in [-0.15, -0.1) is 0 Å². The first kappa shape index (κ1) is 15.8. The van der Waals surface area contributed by atoms with Crippen molar-refractivity contribution in [2.75, 3.05) is 13.6 Å². The second-order valence-corrected chi connectivity index (χ2v) is 5.94. The number of hydrogen-bond acceptors (Lipinski definition) is 2. The van der Waals surface area contributed by atoms with E-state index >= 15 is 0 Å². The molecule has 0 bridgehead atoms. The van der Waals surface area contributed by atoms with E-state index in [0.29, 0.717) is 11.8 Å². The van der Waals surface area contributed by atoms with Crippen LogP contribution >= 0.6 is 0 Å². The molecule has 0 saturated heterocycles. The number of nitrogens with one attached hydrogen (secondary N) is 1. The van der Waals surface area contributed by atoms with Gasteiger partial charge in [0, 0.05) is 19.6 Å². The van der Waals surface area contributed by atoms with Crippen molar-refractivity contribution in [3.8, 4) is 0 Å². The van der Waals surface area contributed by atoms with E-state index < -0.39 is 11.9 Å². The van der Waals surface area contributed by atoms with Crippen LogP contribution in [0.1, 0.15) is 40.0 Å². The Bertz CT molecular complexity index is 333. The Morgan fingerprint density at radius 1 is 1.37 bits per heavy atom. The largest absolute Gasteiger partial charge is 0.481 e. The zero-order valence-corrected chi connectivity index (χ0v) is 12.3. The van der Waals surface area contributed by atoms with Gasteiger partial charge in [-0.25, -0.2) is 4.79 Å². The molecular formula is C14H26N2O3. The number of amides is 2. The van der Waals surface area contributed by atoms with Crippen molar-refractivity contribution in [1.82, 2.24) is 10.2 Å². The van der Waals surface area contributed by atoms with Crippen molar-refractivity contribution >= 4 is 12.0 Å². The molecule has 5 heteroatoms. The van der Waals surface area contributed by atoms with E-state index in [1.807, 2.05) is 0 Å². The molecule has 0 aromatic heterocycles. The number of hydrogen-bond donors (Lipinski definition) is 2. The van der Waals surface area contributed by atoms with Crippen LogP contribution in [-0.2, 0) is 4.79 Å². The fourth-order valence-electron chi connectivity index (χ4n) is 2.63. The molecule has 0 spiro atoms. The summed E-state index contributed by atoms with van der Waals surface area (Å²) in [5, 5.41) is 11.9. The Balaban J connectivity index is 2.47. The highest BCUT2D eigenvalue weighted by Crippen LogP contribution is 2.29. The number of carboxylic acids is 1. The molecule has 1 aliphatic rings. The van der Waals surface area contributed by atoms with Crippen LogP contribution in [0.4, 0.5) is 4.79 Å². The molecule has 1 saturated carbocycles. The number of urea groups is 1. The van der Waals surface area contributed by atoms with Gasteiger partial charge in [-0.3, -0.25) is 4.79 Å². The van der Waals surface area contributed by atoms with Crippen LogP contribution in [0.25, 0.3) is 0 Å². The average molecular weight is 270 g/mol. The number of aliphatic carboxylic acids is 1. The number of carboxylic acid groups (broad SMARTS) is 1. The zero-order valence-electron chi connectivity index (χ0n) is 12.3. The number of nitrogens with zero attached hydrogens (tertiary/aromatic N) is 1. The lowest BCUT2D eigenvalue weighted by molar-refractivity contribution is -0.141. The molecule has 0 aromatic carbocycles. The summed E-state index contributed by atoms with van der Waals surface area (Å²) < 4.78 is 0. The van der Waals surface area contributed by atoms with Gasteiger partial charge < -0.3 is 15.3 Å². The standard InChI is InChI=1S/C14H26N2O3/c1-9-6-5-7-12(11(9)3)15-14(19)16(4)8-10(2)13(17)18/h9-12H,5-8H2,1-4H3,(H,15,19)(H,17,18). The van der Waals surface area contributed by atoms with Crippen molar-refractivity contribution in [2.45, 2.75) is 46.1 Å².